The lowest BCUT2D eigenvalue weighted by Crippen LogP contribution is -2.26. The molecule has 0 heterocycles. The van der Waals surface area contributed by atoms with Crippen molar-refractivity contribution in [2.45, 2.75) is 26.8 Å². The number of hydrogen-bond acceptors (Lipinski definition) is 2. The van der Waals surface area contributed by atoms with E-state index in [1.54, 1.807) is 12.1 Å². The van der Waals surface area contributed by atoms with Crippen LogP contribution in [-0.2, 0) is 0 Å². The van der Waals surface area contributed by atoms with Crippen molar-refractivity contribution in [3.63, 3.8) is 0 Å². The Bertz CT molecular complexity index is 577. The molecule has 1 N–H and O–H groups in total. The van der Waals surface area contributed by atoms with Gasteiger partial charge in [-0.05, 0) is 38.1 Å². The summed E-state index contributed by atoms with van der Waals surface area (Å²) in [6.45, 7) is 7.57. The van der Waals surface area contributed by atoms with Gasteiger partial charge in [0, 0.05) is 6.07 Å². The van der Waals surface area contributed by atoms with Crippen molar-refractivity contribution >= 4 is 0 Å². The van der Waals surface area contributed by atoms with E-state index in [4.69, 9.17) is 4.74 Å². The van der Waals surface area contributed by atoms with E-state index >= 15 is 0 Å². The Morgan fingerprint density at radius 2 is 1.81 bits per heavy atom. The topological polar surface area (TPSA) is 21.3 Å². The fraction of sp³-hybridized carbons (Fsp3) is 0.333. The lowest BCUT2D eigenvalue weighted by atomic mass is 10.0. The third-order valence-corrected chi connectivity index (χ3v) is 3.31. The minimum atomic E-state index is -0.279. The lowest BCUT2D eigenvalue weighted by molar-refractivity contribution is 0.267. The Balaban J connectivity index is 2.11. The number of hydrogen-bond donors (Lipinski definition) is 1. The number of ether oxygens (including phenoxy) is 1. The molecule has 2 aromatic rings. The highest BCUT2D eigenvalue weighted by atomic mass is 19.1. The summed E-state index contributed by atoms with van der Waals surface area (Å²) in [5.74, 6) is 0.279. The summed E-state index contributed by atoms with van der Waals surface area (Å²) in [6, 6.07) is 12.8. The fourth-order valence-corrected chi connectivity index (χ4v) is 2.47. The zero-order valence-electron chi connectivity index (χ0n) is 12.8. The number of rotatable bonds is 6. The van der Waals surface area contributed by atoms with E-state index in [9.17, 15) is 4.39 Å². The molecular weight excluding hydrogens is 265 g/mol. The average Bonchev–Trinajstić information content (AvgIpc) is 2.42. The molecule has 0 saturated carbocycles. The van der Waals surface area contributed by atoms with Crippen molar-refractivity contribution in [3.8, 4) is 5.75 Å². The van der Waals surface area contributed by atoms with Gasteiger partial charge in [0.1, 0.15) is 18.2 Å². The summed E-state index contributed by atoms with van der Waals surface area (Å²) >= 11 is 0. The summed E-state index contributed by atoms with van der Waals surface area (Å²) < 4.78 is 18.9. The monoisotopic (exact) mass is 287 g/mol. The second-order valence-corrected chi connectivity index (χ2v) is 5.30. The van der Waals surface area contributed by atoms with Crippen LogP contribution in [0.5, 0.6) is 5.75 Å². The maximum absolute atomic E-state index is 13.2. The van der Waals surface area contributed by atoms with Crippen molar-refractivity contribution in [1.29, 1.82) is 0 Å². The Morgan fingerprint density at radius 1 is 1.10 bits per heavy atom. The van der Waals surface area contributed by atoms with E-state index in [1.165, 1.54) is 28.8 Å². The number of aryl methyl sites for hydroxylation is 2. The predicted octanol–water partition coefficient (Wildman–Crippen LogP) is 4.17. The van der Waals surface area contributed by atoms with Gasteiger partial charge in [-0.1, -0.05) is 42.3 Å². The molecule has 0 bridgehead atoms. The van der Waals surface area contributed by atoms with Gasteiger partial charge in [0.25, 0.3) is 0 Å². The van der Waals surface area contributed by atoms with Crippen LogP contribution in [-0.4, -0.2) is 13.2 Å². The highest BCUT2D eigenvalue weighted by Crippen LogP contribution is 2.19. The highest BCUT2D eigenvalue weighted by Gasteiger charge is 2.12. The Kier molecular flexibility index (Phi) is 5.34. The molecule has 2 aromatic carbocycles. The third kappa shape index (κ3) is 4.57. The molecule has 0 aliphatic carbocycles. The van der Waals surface area contributed by atoms with Gasteiger partial charge in [-0.25, -0.2) is 4.39 Å². The van der Waals surface area contributed by atoms with E-state index in [1.807, 2.05) is 0 Å². The third-order valence-electron chi connectivity index (χ3n) is 3.31. The lowest BCUT2D eigenvalue weighted by Gasteiger charge is -2.20. The van der Waals surface area contributed by atoms with Crippen molar-refractivity contribution in [1.82, 2.24) is 5.32 Å². The molecule has 0 spiro atoms. The number of halogens is 1. The first-order valence-electron chi connectivity index (χ1n) is 7.28. The summed E-state index contributed by atoms with van der Waals surface area (Å²) in [4.78, 5) is 0. The van der Waals surface area contributed by atoms with Crippen LogP contribution in [0.2, 0.25) is 0 Å². The van der Waals surface area contributed by atoms with Crippen LogP contribution in [0.25, 0.3) is 0 Å². The Hall–Kier alpha value is -1.87. The van der Waals surface area contributed by atoms with Crippen LogP contribution in [0.1, 0.15) is 29.7 Å². The van der Waals surface area contributed by atoms with E-state index < -0.39 is 0 Å². The summed E-state index contributed by atoms with van der Waals surface area (Å²) in [5.41, 5.74) is 3.67. The molecule has 3 heteroatoms. The fourth-order valence-electron chi connectivity index (χ4n) is 2.47. The van der Waals surface area contributed by atoms with Crippen LogP contribution < -0.4 is 10.1 Å². The van der Waals surface area contributed by atoms with Gasteiger partial charge in [0.2, 0.25) is 0 Å². The summed E-state index contributed by atoms with van der Waals surface area (Å²) in [7, 11) is 0. The normalized spacial score (nSPS) is 12.2. The van der Waals surface area contributed by atoms with Crippen molar-refractivity contribution in [3.05, 3.63) is 65.0 Å². The maximum atomic E-state index is 13.2. The zero-order chi connectivity index (χ0) is 15.2. The molecule has 0 fully saturated rings. The van der Waals surface area contributed by atoms with Crippen molar-refractivity contribution in [2.24, 2.45) is 0 Å². The molecule has 0 aromatic heterocycles. The molecule has 1 atom stereocenters. The minimum Gasteiger partial charge on any atom is -0.492 e. The molecule has 21 heavy (non-hydrogen) atoms. The second kappa shape index (κ2) is 7.23. The van der Waals surface area contributed by atoms with Crippen molar-refractivity contribution < 1.29 is 9.13 Å². The largest absolute Gasteiger partial charge is 0.492 e. The predicted molar refractivity (Wildman–Crippen MR) is 84.2 cm³/mol. The van der Waals surface area contributed by atoms with Gasteiger partial charge in [-0.2, -0.15) is 0 Å². The number of nitrogens with one attached hydrogen (secondary N) is 1. The number of likely N-dealkylation sites (N-methyl/N-ethyl adjacent to an activating group) is 1. The molecular formula is C18H22FNO. The highest BCUT2D eigenvalue weighted by molar-refractivity contribution is 5.31. The quantitative estimate of drug-likeness (QED) is 0.861. The Labute approximate surface area is 126 Å². The van der Waals surface area contributed by atoms with Gasteiger partial charge in [0.05, 0.1) is 6.04 Å². The molecule has 112 valence electrons. The van der Waals surface area contributed by atoms with Crippen LogP contribution in [0.3, 0.4) is 0 Å². The van der Waals surface area contributed by atoms with E-state index in [0.717, 1.165) is 6.54 Å². The maximum Gasteiger partial charge on any atom is 0.126 e. The molecule has 0 saturated heterocycles. The van der Waals surface area contributed by atoms with Gasteiger partial charge in [0.15, 0.2) is 0 Å². The standard InChI is InChI=1S/C18H22FNO/c1-4-20-18(15-9-13(2)8-14(3)10-15)12-21-17-7-5-6-16(19)11-17/h5-11,18,20H,4,12H2,1-3H3. The van der Waals surface area contributed by atoms with Crippen LogP contribution in [0, 0.1) is 19.7 Å². The molecule has 0 amide bonds. The minimum absolute atomic E-state index is 0.0943. The zero-order valence-corrected chi connectivity index (χ0v) is 12.8. The van der Waals surface area contributed by atoms with E-state index in [-0.39, 0.29) is 11.9 Å². The number of benzene rings is 2. The molecule has 0 aliphatic heterocycles. The molecule has 1 unspecified atom stereocenters. The smallest absolute Gasteiger partial charge is 0.126 e. The van der Waals surface area contributed by atoms with Gasteiger partial charge < -0.3 is 10.1 Å². The van der Waals surface area contributed by atoms with E-state index in [2.05, 4.69) is 44.3 Å². The van der Waals surface area contributed by atoms with Gasteiger partial charge >= 0.3 is 0 Å². The SMILES string of the molecule is CCNC(COc1cccc(F)c1)c1cc(C)cc(C)c1. The molecule has 2 rings (SSSR count). The molecule has 0 aliphatic rings. The van der Waals surface area contributed by atoms with Crippen LogP contribution in [0.4, 0.5) is 4.39 Å². The average molecular weight is 287 g/mol. The van der Waals surface area contributed by atoms with E-state index in [0.29, 0.717) is 12.4 Å². The van der Waals surface area contributed by atoms with Crippen molar-refractivity contribution in [2.75, 3.05) is 13.2 Å². The Morgan fingerprint density at radius 3 is 2.43 bits per heavy atom. The molecule has 0 radical (unpaired) electrons. The second-order valence-electron chi connectivity index (χ2n) is 5.30. The first-order valence-corrected chi connectivity index (χ1v) is 7.28. The van der Waals surface area contributed by atoms with Crippen LogP contribution in [0.15, 0.2) is 42.5 Å². The molecule has 2 nitrogen and oxygen atoms in total. The van der Waals surface area contributed by atoms with Crippen LogP contribution >= 0.6 is 0 Å². The summed E-state index contributed by atoms with van der Waals surface area (Å²) in [5, 5.41) is 3.42. The van der Waals surface area contributed by atoms with Gasteiger partial charge in [-0.15, -0.1) is 0 Å². The first kappa shape index (κ1) is 15.5. The van der Waals surface area contributed by atoms with Gasteiger partial charge in [-0.3, -0.25) is 0 Å². The first-order chi connectivity index (χ1) is 10.1. The summed E-state index contributed by atoms with van der Waals surface area (Å²) in [6.07, 6.45) is 0.